The monoisotopic (exact) mass is 287 g/mol. The molecule has 1 aliphatic carbocycles. The number of amides is 1. The zero-order valence-corrected chi connectivity index (χ0v) is 11.7. The Labute approximate surface area is 107 Å². The van der Waals surface area contributed by atoms with Crippen molar-refractivity contribution in [1.82, 2.24) is 4.90 Å². The SMILES string of the molecule is CC1CCC(CCN2CCC(Br)C2=O)CC1. The minimum absolute atomic E-state index is 0.0962. The highest BCUT2D eigenvalue weighted by atomic mass is 79.9. The number of hydrogen-bond donors (Lipinski definition) is 0. The number of carbonyl (C=O) groups is 1. The first kappa shape index (κ1) is 12.4. The normalized spacial score (nSPS) is 35.8. The molecule has 1 aliphatic heterocycles. The third-order valence-corrected chi connectivity index (χ3v) is 5.02. The number of carbonyl (C=O) groups excluding carboxylic acids is 1. The third-order valence-electron chi connectivity index (χ3n) is 4.17. The molecule has 92 valence electrons. The molecule has 1 amide bonds. The third kappa shape index (κ3) is 2.99. The van der Waals surface area contributed by atoms with E-state index >= 15 is 0 Å². The molecule has 0 N–H and O–H groups in total. The van der Waals surface area contributed by atoms with E-state index in [-0.39, 0.29) is 4.83 Å². The van der Waals surface area contributed by atoms with Crippen molar-refractivity contribution in [3.63, 3.8) is 0 Å². The van der Waals surface area contributed by atoms with Crippen LogP contribution in [-0.4, -0.2) is 28.7 Å². The van der Waals surface area contributed by atoms with Gasteiger partial charge in [0.05, 0.1) is 4.83 Å². The van der Waals surface area contributed by atoms with Crippen LogP contribution < -0.4 is 0 Å². The van der Waals surface area contributed by atoms with Crippen LogP contribution >= 0.6 is 15.9 Å². The molecule has 1 heterocycles. The summed E-state index contributed by atoms with van der Waals surface area (Å²) in [7, 11) is 0. The fourth-order valence-electron chi connectivity index (χ4n) is 2.88. The van der Waals surface area contributed by atoms with Crippen LogP contribution in [0, 0.1) is 11.8 Å². The lowest BCUT2D eigenvalue weighted by molar-refractivity contribution is -0.127. The van der Waals surface area contributed by atoms with E-state index in [4.69, 9.17) is 0 Å². The molecule has 3 heteroatoms. The van der Waals surface area contributed by atoms with Crippen molar-refractivity contribution in [2.45, 2.75) is 50.3 Å². The van der Waals surface area contributed by atoms with Crippen LogP contribution in [0.2, 0.25) is 0 Å². The summed E-state index contributed by atoms with van der Waals surface area (Å²) in [5, 5.41) is 0. The standard InChI is InChI=1S/C13H22BrNO/c1-10-2-4-11(5-3-10)6-8-15-9-7-12(14)13(15)16/h10-12H,2-9H2,1H3. The second-order valence-electron chi connectivity index (χ2n) is 5.50. The van der Waals surface area contributed by atoms with E-state index in [9.17, 15) is 4.79 Å². The molecule has 2 fully saturated rings. The summed E-state index contributed by atoms with van der Waals surface area (Å²) >= 11 is 3.43. The van der Waals surface area contributed by atoms with Crippen LogP contribution in [0.25, 0.3) is 0 Å². The number of hydrogen-bond acceptors (Lipinski definition) is 1. The quantitative estimate of drug-likeness (QED) is 0.730. The van der Waals surface area contributed by atoms with Gasteiger partial charge in [0.1, 0.15) is 0 Å². The summed E-state index contributed by atoms with van der Waals surface area (Å²) in [6.07, 6.45) is 7.74. The number of alkyl halides is 1. The maximum atomic E-state index is 11.7. The van der Waals surface area contributed by atoms with Gasteiger partial charge in [0.2, 0.25) is 5.91 Å². The Kier molecular flexibility index (Phi) is 4.28. The number of halogens is 1. The highest BCUT2D eigenvalue weighted by Crippen LogP contribution is 2.31. The van der Waals surface area contributed by atoms with Crippen LogP contribution in [-0.2, 0) is 4.79 Å². The first-order valence-electron chi connectivity index (χ1n) is 6.59. The molecule has 1 saturated carbocycles. The van der Waals surface area contributed by atoms with Crippen molar-refractivity contribution >= 4 is 21.8 Å². The summed E-state index contributed by atoms with van der Waals surface area (Å²) in [5.74, 6) is 2.11. The van der Waals surface area contributed by atoms with E-state index in [0.29, 0.717) is 5.91 Å². The molecule has 1 unspecified atom stereocenters. The van der Waals surface area contributed by atoms with Crippen molar-refractivity contribution in [3.05, 3.63) is 0 Å². The van der Waals surface area contributed by atoms with E-state index in [1.165, 1.54) is 32.1 Å². The molecule has 0 spiro atoms. The second-order valence-corrected chi connectivity index (χ2v) is 6.60. The van der Waals surface area contributed by atoms with Gasteiger partial charge in [-0.1, -0.05) is 48.5 Å². The predicted octanol–water partition coefficient (Wildman–Crippen LogP) is 3.20. The van der Waals surface area contributed by atoms with Gasteiger partial charge in [-0.15, -0.1) is 0 Å². The van der Waals surface area contributed by atoms with Gasteiger partial charge in [-0.3, -0.25) is 4.79 Å². The molecule has 0 bridgehead atoms. The molecule has 1 atom stereocenters. The lowest BCUT2D eigenvalue weighted by atomic mass is 9.81. The lowest BCUT2D eigenvalue weighted by Crippen LogP contribution is -2.30. The fraction of sp³-hybridized carbons (Fsp3) is 0.923. The van der Waals surface area contributed by atoms with Crippen LogP contribution in [0.4, 0.5) is 0 Å². The molecular formula is C13H22BrNO. The molecule has 16 heavy (non-hydrogen) atoms. The Morgan fingerprint density at radius 1 is 1.25 bits per heavy atom. The Morgan fingerprint density at radius 3 is 2.50 bits per heavy atom. The van der Waals surface area contributed by atoms with Crippen LogP contribution in [0.15, 0.2) is 0 Å². The van der Waals surface area contributed by atoms with Crippen molar-refractivity contribution in [1.29, 1.82) is 0 Å². The minimum atomic E-state index is 0.0962. The molecular weight excluding hydrogens is 266 g/mol. The van der Waals surface area contributed by atoms with Gasteiger partial charge in [-0.05, 0) is 24.7 Å². The first-order chi connectivity index (χ1) is 7.66. The van der Waals surface area contributed by atoms with Gasteiger partial charge in [-0.2, -0.15) is 0 Å². The van der Waals surface area contributed by atoms with Crippen molar-refractivity contribution in [3.8, 4) is 0 Å². The number of nitrogens with zero attached hydrogens (tertiary/aromatic N) is 1. The van der Waals surface area contributed by atoms with Crippen molar-refractivity contribution in [2.24, 2.45) is 11.8 Å². The molecule has 0 radical (unpaired) electrons. The van der Waals surface area contributed by atoms with Gasteiger partial charge in [0, 0.05) is 13.1 Å². The largest absolute Gasteiger partial charge is 0.342 e. The molecule has 0 aromatic rings. The van der Waals surface area contributed by atoms with E-state index in [0.717, 1.165) is 31.3 Å². The van der Waals surface area contributed by atoms with Crippen LogP contribution in [0.1, 0.15) is 45.4 Å². The lowest BCUT2D eigenvalue weighted by Gasteiger charge is -2.27. The molecule has 0 aromatic carbocycles. The zero-order chi connectivity index (χ0) is 11.5. The smallest absolute Gasteiger partial charge is 0.236 e. The van der Waals surface area contributed by atoms with Gasteiger partial charge in [0.25, 0.3) is 0 Å². The molecule has 2 aliphatic rings. The van der Waals surface area contributed by atoms with Crippen LogP contribution in [0.5, 0.6) is 0 Å². The second kappa shape index (κ2) is 5.52. The van der Waals surface area contributed by atoms with E-state index in [1.54, 1.807) is 0 Å². The number of rotatable bonds is 3. The van der Waals surface area contributed by atoms with E-state index in [1.807, 2.05) is 4.90 Å². The summed E-state index contributed by atoms with van der Waals surface area (Å²) in [5.41, 5.74) is 0. The summed E-state index contributed by atoms with van der Waals surface area (Å²) in [4.78, 5) is 13.8. The van der Waals surface area contributed by atoms with Gasteiger partial charge < -0.3 is 4.90 Å². The van der Waals surface area contributed by atoms with Crippen LogP contribution in [0.3, 0.4) is 0 Å². The van der Waals surface area contributed by atoms with Gasteiger partial charge in [0.15, 0.2) is 0 Å². The highest BCUT2D eigenvalue weighted by Gasteiger charge is 2.29. The molecule has 0 aromatic heterocycles. The molecule has 1 saturated heterocycles. The average Bonchev–Trinajstić information content (AvgIpc) is 2.60. The Bertz CT molecular complexity index is 248. The number of likely N-dealkylation sites (tertiary alicyclic amines) is 1. The topological polar surface area (TPSA) is 20.3 Å². The highest BCUT2D eigenvalue weighted by molar-refractivity contribution is 9.10. The first-order valence-corrected chi connectivity index (χ1v) is 7.51. The average molecular weight is 288 g/mol. The summed E-state index contributed by atoms with van der Waals surface area (Å²) in [6.45, 7) is 4.30. The Morgan fingerprint density at radius 2 is 1.94 bits per heavy atom. The Balaban J connectivity index is 1.70. The molecule has 2 rings (SSSR count). The van der Waals surface area contributed by atoms with E-state index < -0.39 is 0 Å². The predicted molar refractivity (Wildman–Crippen MR) is 69.7 cm³/mol. The minimum Gasteiger partial charge on any atom is -0.342 e. The maximum absolute atomic E-state index is 11.7. The summed E-state index contributed by atoms with van der Waals surface area (Å²) in [6, 6.07) is 0. The summed E-state index contributed by atoms with van der Waals surface area (Å²) < 4.78 is 0. The zero-order valence-electron chi connectivity index (χ0n) is 10.1. The molecule has 2 nitrogen and oxygen atoms in total. The van der Waals surface area contributed by atoms with Gasteiger partial charge >= 0.3 is 0 Å². The Hall–Kier alpha value is -0.0500. The van der Waals surface area contributed by atoms with Gasteiger partial charge in [-0.25, -0.2) is 0 Å². The fourth-order valence-corrected chi connectivity index (χ4v) is 3.37. The maximum Gasteiger partial charge on any atom is 0.236 e. The van der Waals surface area contributed by atoms with Crippen molar-refractivity contribution in [2.75, 3.05) is 13.1 Å². The van der Waals surface area contributed by atoms with E-state index in [2.05, 4.69) is 22.9 Å². The van der Waals surface area contributed by atoms with Crippen molar-refractivity contribution < 1.29 is 4.79 Å².